The Balaban J connectivity index is 0.705. The van der Waals surface area contributed by atoms with Crippen molar-refractivity contribution in [1.82, 2.24) is 25.1 Å². The zero-order valence-electron chi connectivity index (χ0n) is 36.9. The van der Waals surface area contributed by atoms with E-state index in [4.69, 9.17) is 21.3 Å². The lowest BCUT2D eigenvalue weighted by atomic mass is 9.78. The highest BCUT2D eigenvalue weighted by Crippen LogP contribution is 2.38. The normalized spacial score (nSPS) is 20.5. The van der Waals surface area contributed by atoms with E-state index in [2.05, 4.69) is 40.0 Å². The van der Waals surface area contributed by atoms with Crippen molar-refractivity contribution in [1.29, 1.82) is 5.26 Å². The van der Waals surface area contributed by atoms with Crippen molar-refractivity contribution in [2.45, 2.75) is 83.3 Å². The molecule has 1 N–H and O–H groups in total. The van der Waals surface area contributed by atoms with Crippen LogP contribution in [-0.4, -0.2) is 95.3 Å². The molecule has 4 amide bonds. The molecule has 5 aliphatic rings. The van der Waals surface area contributed by atoms with Crippen LogP contribution in [0.4, 0.5) is 16.0 Å². The summed E-state index contributed by atoms with van der Waals surface area (Å²) in [6, 6.07) is 19.1. The minimum Gasteiger partial charge on any atom is -0.487 e. The summed E-state index contributed by atoms with van der Waals surface area (Å²) < 4.78 is 21.7. The van der Waals surface area contributed by atoms with E-state index >= 15 is 4.39 Å². The molecule has 3 aromatic carbocycles. The van der Waals surface area contributed by atoms with E-state index in [0.717, 1.165) is 111 Å². The van der Waals surface area contributed by atoms with Crippen molar-refractivity contribution in [2.24, 2.45) is 17.8 Å². The van der Waals surface area contributed by atoms with E-state index in [1.807, 2.05) is 53.6 Å². The Labute approximate surface area is 383 Å². The number of carbonyl (C=O) groups is 4. The highest BCUT2D eigenvalue weighted by Gasteiger charge is 2.45. The number of hydrogen-bond donors (Lipinski definition) is 1. The van der Waals surface area contributed by atoms with E-state index in [-0.39, 0.29) is 29.4 Å². The molecule has 1 unspecified atom stereocenters. The molecule has 1 atom stereocenters. The van der Waals surface area contributed by atoms with Crippen LogP contribution in [-0.2, 0) is 21.6 Å². The third-order valence-electron chi connectivity index (χ3n) is 14.5. The molecule has 338 valence electrons. The predicted molar refractivity (Wildman–Crippen MR) is 243 cm³/mol. The van der Waals surface area contributed by atoms with E-state index < -0.39 is 35.5 Å². The number of piperidine rings is 4. The second-order valence-corrected chi connectivity index (χ2v) is 19.3. The fourth-order valence-corrected chi connectivity index (χ4v) is 10.8. The van der Waals surface area contributed by atoms with Gasteiger partial charge in [-0.05, 0) is 135 Å². The van der Waals surface area contributed by atoms with Crippen LogP contribution in [0.1, 0.15) is 108 Å². The van der Waals surface area contributed by atoms with Crippen molar-refractivity contribution in [3.63, 3.8) is 0 Å². The van der Waals surface area contributed by atoms with E-state index in [1.165, 1.54) is 6.07 Å². The van der Waals surface area contributed by atoms with Crippen molar-refractivity contribution in [3.05, 3.63) is 111 Å². The third-order valence-corrected chi connectivity index (χ3v) is 14.7. The van der Waals surface area contributed by atoms with E-state index in [0.29, 0.717) is 53.7 Å². The SMILES string of the molecule is CC(C)(c1ccc(OCc2ccnc(N3CCC(CN4CCC(C5CCN(c6cc7c(cc6F)C(=O)N(C6CCC(=O)NC6=O)C7=O)CC5)CC4)CC3)n2)cc1)c1cc(Cl)cc(C#N)c1. The van der Waals surface area contributed by atoms with Gasteiger partial charge in [-0.25, -0.2) is 14.4 Å². The number of benzene rings is 3. The largest absolute Gasteiger partial charge is 0.487 e. The summed E-state index contributed by atoms with van der Waals surface area (Å²) in [6.07, 6.45) is 8.26. The highest BCUT2D eigenvalue weighted by molar-refractivity contribution is 6.30. The van der Waals surface area contributed by atoms with Gasteiger partial charge in [-0.15, -0.1) is 0 Å². The molecule has 9 rings (SSSR count). The number of nitrogens with one attached hydrogen (secondary N) is 1. The summed E-state index contributed by atoms with van der Waals surface area (Å²) in [5, 5.41) is 12.2. The molecule has 5 aliphatic heterocycles. The molecule has 0 aliphatic carbocycles. The maximum absolute atomic E-state index is 15.5. The third kappa shape index (κ3) is 9.31. The number of hydrogen-bond acceptors (Lipinski definition) is 11. The Morgan fingerprint density at radius 3 is 2.15 bits per heavy atom. The molecule has 4 fully saturated rings. The van der Waals surface area contributed by atoms with Gasteiger partial charge in [0.15, 0.2) is 0 Å². The van der Waals surface area contributed by atoms with Crippen molar-refractivity contribution in [3.8, 4) is 11.8 Å². The number of fused-ring (bicyclic) bond motifs is 1. The summed E-state index contributed by atoms with van der Waals surface area (Å²) in [4.78, 5) is 67.9. The van der Waals surface area contributed by atoms with Crippen molar-refractivity contribution < 1.29 is 28.3 Å². The minimum atomic E-state index is -1.08. The smallest absolute Gasteiger partial charge is 0.262 e. The average molecular weight is 901 g/mol. The molecular formula is C50H54ClFN8O5. The topological polar surface area (TPSA) is 152 Å². The zero-order valence-corrected chi connectivity index (χ0v) is 37.7. The van der Waals surface area contributed by atoms with Gasteiger partial charge in [-0.2, -0.15) is 5.26 Å². The van der Waals surface area contributed by atoms with Gasteiger partial charge in [0.05, 0.1) is 34.1 Å². The van der Waals surface area contributed by atoms with Crippen LogP contribution in [0.2, 0.25) is 5.02 Å². The maximum Gasteiger partial charge on any atom is 0.262 e. The number of likely N-dealkylation sites (tertiary alicyclic amines) is 1. The molecule has 1 aromatic heterocycles. The van der Waals surface area contributed by atoms with Crippen LogP contribution in [0.25, 0.3) is 0 Å². The van der Waals surface area contributed by atoms with Crippen LogP contribution in [0.3, 0.4) is 0 Å². The summed E-state index contributed by atoms with van der Waals surface area (Å²) in [5.74, 6) is 0.297. The molecule has 15 heteroatoms. The summed E-state index contributed by atoms with van der Waals surface area (Å²) >= 11 is 6.31. The Hall–Kier alpha value is -5.91. The average Bonchev–Trinajstić information content (AvgIpc) is 3.55. The Kier molecular flexibility index (Phi) is 12.6. The number of amides is 4. The van der Waals surface area contributed by atoms with Crippen molar-refractivity contribution >= 4 is 46.9 Å². The van der Waals surface area contributed by atoms with Crippen LogP contribution < -0.4 is 19.9 Å². The first-order chi connectivity index (χ1) is 31.3. The van der Waals surface area contributed by atoms with E-state index in [9.17, 15) is 24.4 Å². The molecule has 13 nitrogen and oxygen atoms in total. The molecule has 4 saturated heterocycles. The summed E-state index contributed by atoms with van der Waals surface area (Å²) in [7, 11) is 0. The number of aromatic nitrogens is 2. The molecule has 0 radical (unpaired) electrons. The number of rotatable bonds is 11. The van der Waals surface area contributed by atoms with Gasteiger partial charge in [0.25, 0.3) is 11.8 Å². The number of nitriles is 1. The molecule has 65 heavy (non-hydrogen) atoms. The fraction of sp³-hybridized carbons (Fsp3) is 0.460. The van der Waals surface area contributed by atoms with Gasteiger partial charge in [0, 0.05) is 55.8 Å². The number of ether oxygens (including phenoxy) is 1. The van der Waals surface area contributed by atoms with Crippen LogP contribution >= 0.6 is 11.6 Å². The Morgan fingerprint density at radius 1 is 0.815 bits per heavy atom. The first-order valence-corrected chi connectivity index (χ1v) is 23.3. The fourth-order valence-electron chi connectivity index (χ4n) is 10.5. The van der Waals surface area contributed by atoms with E-state index in [1.54, 1.807) is 6.07 Å². The lowest BCUT2D eigenvalue weighted by Gasteiger charge is -2.42. The Bertz CT molecular complexity index is 2520. The molecule has 4 aromatic rings. The molecule has 0 spiro atoms. The second-order valence-electron chi connectivity index (χ2n) is 18.8. The first-order valence-electron chi connectivity index (χ1n) is 22.9. The lowest BCUT2D eigenvalue weighted by Crippen LogP contribution is -2.54. The molecule has 0 saturated carbocycles. The number of nitrogens with zero attached hydrogens (tertiary/aromatic N) is 7. The molecule has 0 bridgehead atoms. The minimum absolute atomic E-state index is 0.0296. The highest BCUT2D eigenvalue weighted by atomic mass is 35.5. The van der Waals surface area contributed by atoms with Gasteiger partial charge in [0.1, 0.15) is 24.2 Å². The number of imide groups is 2. The van der Waals surface area contributed by atoms with Crippen LogP contribution in [0, 0.1) is 34.9 Å². The van der Waals surface area contributed by atoms with Gasteiger partial charge in [-0.3, -0.25) is 29.4 Å². The van der Waals surface area contributed by atoms with Crippen LogP contribution in [0.15, 0.2) is 66.9 Å². The summed E-state index contributed by atoms with van der Waals surface area (Å²) in [5.41, 5.74) is 3.44. The van der Waals surface area contributed by atoms with Gasteiger partial charge < -0.3 is 19.4 Å². The lowest BCUT2D eigenvalue weighted by molar-refractivity contribution is -0.136. The zero-order chi connectivity index (χ0) is 45.4. The first kappa shape index (κ1) is 44.3. The van der Waals surface area contributed by atoms with Gasteiger partial charge in [-0.1, -0.05) is 37.6 Å². The second kappa shape index (κ2) is 18.5. The maximum atomic E-state index is 15.5. The number of halogens is 2. The predicted octanol–water partition coefficient (Wildman–Crippen LogP) is 7.29. The molecular weight excluding hydrogens is 847 g/mol. The van der Waals surface area contributed by atoms with Crippen LogP contribution in [0.5, 0.6) is 5.75 Å². The quantitative estimate of drug-likeness (QED) is 0.151. The number of anilines is 2. The van der Waals surface area contributed by atoms with Gasteiger partial charge >= 0.3 is 0 Å². The Morgan fingerprint density at radius 2 is 1.48 bits per heavy atom. The molecule has 6 heterocycles. The monoisotopic (exact) mass is 900 g/mol. The summed E-state index contributed by atoms with van der Waals surface area (Å²) in [6.45, 7) is 11.0. The van der Waals surface area contributed by atoms with Crippen molar-refractivity contribution in [2.75, 3.05) is 55.6 Å². The number of carbonyl (C=O) groups excluding carboxylic acids is 4. The van der Waals surface area contributed by atoms with Gasteiger partial charge in [0.2, 0.25) is 17.8 Å². The standard InChI is InChI=1S/C50H54ClFN8O5/c1-50(2,36-23-32(28-53)24-37(51)25-36)35-3-5-39(6-4-35)65-30-38-9-16-54-49(55-38)59-19-10-31(11-20-59)29-57-17-12-33(13-18-57)34-14-21-58(22-15-34)44-27-41-40(26-42(44)52)47(63)60(48(41)64)43-7-8-45(61)56-46(43)62/h3-6,9,16,23-27,31,33-34,43H,7-8,10-15,17-22,29-30H2,1-2H3,(H,56,61,62).